The molecule has 0 atom stereocenters. The number of nitrogens with one attached hydrogen (secondary N) is 1. The standard InChI is InChI=1S/C22H22ClNO4/c1-22(11-12-22)20(25)10-8-15-7-9-18(19(13-15)27-2)28-14-21(26)24-17-6-4-3-5-16(17)23/h3-10,13H,11-12,14H2,1-2H3,(H,24,26)/b10-8+. The predicted octanol–water partition coefficient (Wildman–Crippen LogP) is 4.75. The summed E-state index contributed by atoms with van der Waals surface area (Å²) in [5, 5.41) is 3.15. The third kappa shape index (κ3) is 4.93. The van der Waals surface area contributed by atoms with Crippen molar-refractivity contribution < 1.29 is 19.1 Å². The number of rotatable bonds is 8. The number of para-hydroxylation sites is 1. The Morgan fingerprint density at radius 3 is 2.61 bits per heavy atom. The lowest BCUT2D eigenvalue weighted by atomic mass is 10.0. The first kappa shape index (κ1) is 20.0. The molecule has 2 aromatic rings. The summed E-state index contributed by atoms with van der Waals surface area (Å²) in [5.74, 6) is 0.734. The quantitative estimate of drug-likeness (QED) is 0.650. The number of carbonyl (C=O) groups excluding carboxylic acids is 2. The lowest BCUT2D eigenvalue weighted by Gasteiger charge is -2.12. The molecule has 0 aromatic heterocycles. The highest BCUT2D eigenvalue weighted by Gasteiger charge is 2.43. The molecule has 6 heteroatoms. The minimum Gasteiger partial charge on any atom is -0.493 e. The highest BCUT2D eigenvalue weighted by Crippen LogP contribution is 2.46. The van der Waals surface area contributed by atoms with Crippen molar-refractivity contribution >= 4 is 35.1 Å². The minimum atomic E-state index is -0.331. The van der Waals surface area contributed by atoms with Gasteiger partial charge in [0.2, 0.25) is 0 Å². The summed E-state index contributed by atoms with van der Waals surface area (Å²) >= 11 is 6.03. The van der Waals surface area contributed by atoms with Crippen molar-refractivity contribution in [1.82, 2.24) is 0 Å². The van der Waals surface area contributed by atoms with Crippen molar-refractivity contribution in [2.45, 2.75) is 19.8 Å². The van der Waals surface area contributed by atoms with Gasteiger partial charge in [-0.15, -0.1) is 0 Å². The highest BCUT2D eigenvalue weighted by atomic mass is 35.5. The van der Waals surface area contributed by atoms with Crippen LogP contribution in [0, 0.1) is 5.41 Å². The molecule has 0 spiro atoms. The molecule has 5 nitrogen and oxygen atoms in total. The number of hydrogen-bond donors (Lipinski definition) is 1. The van der Waals surface area contributed by atoms with E-state index in [1.54, 1.807) is 48.6 Å². The summed E-state index contributed by atoms with van der Waals surface area (Å²) in [6.45, 7) is 1.79. The molecule has 0 heterocycles. The van der Waals surface area contributed by atoms with Crippen LogP contribution < -0.4 is 14.8 Å². The Hall–Kier alpha value is -2.79. The Kier molecular flexibility index (Phi) is 6.05. The van der Waals surface area contributed by atoms with Crippen LogP contribution in [0.3, 0.4) is 0 Å². The molecule has 0 aliphatic heterocycles. The van der Waals surface area contributed by atoms with Crippen molar-refractivity contribution in [1.29, 1.82) is 0 Å². The van der Waals surface area contributed by atoms with E-state index in [9.17, 15) is 9.59 Å². The fraction of sp³-hybridized carbons (Fsp3) is 0.273. The van der Waals surface area contributed by atoms with E-state index in [2.05, 4.69) is 5.32 Å². The van der Waals surface area contributed by atoms with E-state index in [4.69, 9.17) is 21.1 Å². The predicted molar refractivity (Wildman–Crippen MR) is 110 cm³/mol. The SMILES string of the molecule is COc1cc(/C=C/C(=O)C2(C)CC2)ccc1OCC(=O)Nc1ccccc1Cl. The second-order valence-electron chi connectivity index (χ2n) is 6.99. The van der Waals surface area contributed by atoms with E-state index in [1.807, 2.05) is 13.0 Å². The van der Waals surface area contributed by atoms with Gasteiger partial charge < -0.3 is 14.8 Å². The summed E-state index contributed by atoms with van der Waals surface area (Å²) in [6.07, 6.45) is 5.27. The average Bonchev–Trinajstić information content (AvgIpc) is 3.45. The molecular formula is C22H22ClNO4. The molecule has 0 radical (unpaired) electrons. The minimum absolute atomic E-state index is 0.142. The first-order valence-corrected chi connectivity index (χ1v) is 9.37. The zero-order valence-electron chi connectivity index (χ0n) is 15.8. The van der Waals surface area contributed by atoms with Crippen LogP contribution in [0.25, 0.3) is 6.08 Å². The number of amides is 1. The molecule has 1 N–H and O–H groups in total. The second-order valence-corrected chi connectivity index (χ2v) is 7.39. The van der Waals surface area contributed by atoms with Crippen LogP contribution >= 0.6 is 11.6 Å². The van der Waals surface area contributed by atoms with Crippen LogP contribution in [0.1, 0.15) is 25.3 Å². The maximum atomic E-state index is 12.1. The Labute approximate surface area is 169 Å². The van der Waals surface area contributed by atoms with Crippen molar-refractivity contribution in [2.24, 2.45) is 5.41 Å². The van der Waals surface area contributed by atoms with Gasteiger partial charge in [0.05, 0.1) is 17.8 Å². The zero-order valence-corrected chi connectivity index (χ0v) is 16.6. The normalized spacial score (nSPS) is 14.5. The van der Waals surface area contributed by atoms with E-state index in [0.717, 1.165) is 18.4 Å². The monoisotopic (exact) mass is 399 g/mol. The number of ether oxygens (including phenoxy) is 2. The van der Waals surface area contributed by atoms with E-state index in [0.29, 0.717) is 22.2 Å². The Morgan fingerprint density at radius 2 is 1.93 bits per heavy atom. The van der Waals surface area contributed by atoms with Crippen molar-refractivity contribution in [2.75, 3.05) is 19.0 Å². The molecule has 0 unspecified atom stereocenters. The molecule has 0 bridgehead atoms. The largest absolute Gasteiger partial charge is 0.493 e. The Balaban J connectivity index is 1.61. The maximum absolute atomic E-state index is 12.1. The van der Waals surface area contributed by atoms with Crippen molar-refractivity contribution in [3.8, 4) is 11.5 Å². The van der Waals surface area contributed by atoms with Gasteiger partial charge in [0.1, 0.15) is 0 Å². The van der Waals surface area contributed by atoms with E-state index in [1.165, 1.54) is 7.11 Å². The average molecular weight is 400 g/mol. The molecule has 1 amide bonds. The molecule has 28 heavy (non-hydrogen) atoms. The van der Waals surface area contributed by atoms with Gasteiger partial charge in [-0.1, -0.05) is 42.8 Å². The second kappa shape index (κ2) is 8.48. The highest BCUT2D eigenvalue weighted by molar-refractivity contribution is 6.33. The Morgan fingerprint density at radius 1 is 1.18 bits per heavy atom. The van der Waals surface area contributed by atoms with Crippen LogP contribution in [0.5, 0.6) is 11.5 Å². The van der Waals surface area contributed by atoms with Gasteiger partial charge >= 0.3 is 0 Å². The summed E-state index contributed by atoms with van der Waals surface area (Å²) in [5.41, 5.74) is 1.17. The molecule has 1 aliphatic rings. The maximum Gasteiger partial charge on any atom is 0.262 e. The molecule has 2 aromatic carbocycles. The van der Waals surface area contributed by atoms with Gasteiger partial charge in [-0.05, 0) is 48.7 Å². The summed E-state index contributed by atoms with van der Waals surface area (Å²) < 4.78 is 10.9. The van der Waals surface area contributed by atoms with E-state index in [-0.39, 0.29) is 23.7 Å². The van der Waals surface area contributed by atoms with Crippen LogP contribution in [-0.2, 0) is 9.59 Å². The van der Waals surface area contributed by atoms with Crippen LogP contribution in [0.2, 0.25) is 5.02 Å². The van der Waals surface area contributed by atoms with Gasteiger partial charge in [-0.3, -0.25) is 9.59 Å². The van der Waals surface area contributed by atoms with E-state index < -0.39 is 0 Å². The summed E-state index contributed by atoms with van der Waals surface area (Å²) in [4.78, 5) is 24.2. The number of benzene rings is 2. The smallest absolute Gasteiger partial charge is 0.262 e. The van der Waals surface area contributed by atoms with E-state index >= 15 is 0 Å². The lowest BCUT2D eigenvalue weighted by molar-refractivity contribution is -0.119. The number of hydrogen-bond acceptors (Lipinski definition) is 4. The number of anilines is 1. The Bertz CT molecular complexity index is 919. The number of halogens is 1. The molecule has 1 saturated carbocycles. The molecule has 1 aliphatic carbocycles. The van der Waals surface area contributed by atoms with Gasteiger partial charge in [-0.2, -0.15) is 0 Å². The topological polar surface area (TPSA) is 64.6 Å². The first-order chi connectivity index (χ1) is 13.4. The summed E-state index contributed by atoms with van der Waals surface area (Å²) in [7, 11) is 1.52. The van der Waals surface area contributed by atoms with Crippen molar-refractivity contribution in [3.05, 3.63) is 59.1 Å². The van der Waals surface area contributed by atoms with Gasteiger partial charge in [-0.25, -0.2) is 0 Å². The summed E-state index contributed by atoms with van der Waals surface area (Å²) in [6, 6.07) is 12.3. The molecule has 146 valence electrons. The number of carbonyl (C=O) groups is 2. The first-order valence-electron chi connectivity index (χ1n) is 8.99. The number of methoxy groups -OCH3 is 1. The number of ketones is 1. The fourth-order valence-electron chi connectivity index (χ4n) is 2.61. The number of allylic oxidation sites excluding steroid dienone is 1. The van der Waals surface area contributed by atoms with Gasteiger partial charge in [0.25, 0.3) is 5.91 Å². The van der Waals surface area contributed by atoms with Gasteiger partial charge in [0.15, 0.2) is 23.9 Å². The molecule has 3 rings (SSSR count). The van der Waals surface area contributed by atoms with Crippen LogP contribution in [-0.4, -0.2) is 25.4 Å². The zero-order chi connectivity index (χ0) is 20.1. The van der Waals surface area contributed by atoms with Crippen LogP contribution in [0.15, 0.2) is 48.5 Å². The molecule has 1 fully saturated rings. The van der Waals surface area contributed by atoms with Crippen molar-refractivity contribution in [3.63, 3.8) is 0 Å². The molecule has 0 saturated heterocycles. The van der Waals surface area contributed by atoms with Gasteiger partial charge in [0, 0.05) is 5.41 Å². The lowest BCUT2D eigenvalue weighted by Crippen LogP contribution is -2.20. The van der Waals surface area contributed by atoms with Crippen LogP contribution in [0.4, 0.5) is 5.69 Å². The fourth-order valence-corrected chi connectivity index (χ4v) is 2.79. The third-order valence-corrected chi connectivity index (χ3v) is 5.05. The third-order valence-electron chi connectivity index (χ3n) is 4.72. The molecular weight excluding hydrogens is 378 g/mol.